The van der Waals surface area contributed by atoms with Crippen LogP contribution in [0, 0.1) is 17.0 Å². The second-order valence-corrected chi connectivity index (χ2v) is 4.89. The van der Waals surface area contributed by atoms with E-state index in [1.807, 2.05) is 24.8 Å². The monoisotopic (exact) mass is 254 g/mol. The van der Waals surface area contributed by atoms with E-state index in [1.54, 1.807) is 12.1 Å². The fourth-order valence-corrected chi connectivity index (χ4v) is 2.03. The molecular weight excluding hydrogens is 236 g/mol. The number of anilines is 1. The summed E-state index contributed by atoms with van der Waals surface area (Å²) in [6.07, 6.45) is 4.25. The first kappa shape index (κ1) is 13.8. The summed E-state index contributed by atoms with van der Waals surface area (Å²) in [5.74, 6) is 1.14. The summed E-state index contributed by atoms with van der Waals surface area (Å²) >= 11 is 1.82. The summed E-state index contributed by atoms with van der Waals surface area (Å²) < 4.78 is 0. The number of hydrogen-bond donors (Lipinski definition) is 1. The fraction of sp³-hybridized carbons (Fsp3) is 0.500. The molecule has 0 saturated heterocycles. The van der Waals surface area contributed by atoms with Gasteiger partial charge in [0.05, 0.1) is 4.92 Å². The molecule has 0 aliphatic heterocycles. The highest BCUT2D eigenvalue weighted by molar-refractivity contribution is 7.98. The van der Waals surface area contributed by atoms with Gasteiger partial charge >= 0.3 is 0 Å². The van der Waals surface area contributed by atoms with Crippen molar-refractivity contribution in [3.8, 4) is 0 Å². The number of rotatable bonds is 7. The van der Waals surface area contributed by atoms with Gasteiger partial charge in [0.15, 0.2) is 0 Å². The summed E-state index contributed by atoms with van der Waals surface area (Å²) in [4.78, 5) is 10.5. The lowest BCUT2D eigenvalue weighted by molar-refractivity contribution is -0.384. The Hall–Kier alpha value is -1.23. The van der Waals surface area contributed by atoms with Crippen molar-refractivity contribution < 1.29 is 4.92 Å². The van der Waals surface area contributed by atoms with Crippen molar-refractivity contribution >= 4 is 23.1 Å². The molecule has 0 saturated carbocycles. The van der Waals surface area contributed by atoms with Crippen molar-refractivity contribution in [1.82, 2.24) is 0 Å². The molecule has 0 fully saturated rings. The molecule has 0 aromatic heterocycles. The van der Waals surface area contributed by atoms with Gasteiger partial charge < -0.3 is 5.32 Å². The van der Waals surface area contributed by atoms with Gasteiger partial charge in [-0.2, -0.15) is 11.8 Å². The van der Waals surface area contributed by atoms with Crippen LogP contribution in [0.1, 0.15) is 18.4 Å². The minimum atomic E-state index is -0.336. The molecule has 1 aromatic rings. The zero-order valence-corrected chi connectivity index (χ0v) is 11.0. The highest BCUT2D eigenvalue weighted by atomic mass is 32.2. The topological polar surface area (TPSA) is 55.2 Å². The smallest absolute Gasteiger partial charge is 0.292 e. The molecule has 4 nitrogen and oxygen atoms in total. The number of thioether (sulfide) groups is 1. The molecule has 1 N–H and O–H groups in total. The summed E-state index contributed by atoms with van der Waals surface area (Å²) in [6.45, 7) is 2.64. The van der Waals surface area contributed by atoms with Gasteiger partial charge in [0.1, 0.15) is 5.69 Å². The predicted octanol–water partition coefficient (Wildman–Crippen LogP) is 3.46. The van der Waals surface area contributed by atoms with Crippen LogP contribution in [0.2, 0.25) is 0 Å². The number of benzene rings is 1. The highest BCUT2D eigenvalue weighted by Crippen LogP contribution is 2.25. The number of nitro groups is 1. The minimum absolute atomic E-state index is 0.162. The van der Waals surface area contributed by atoms with Crippen molar-refractivity contribution in [2.75, 3.05) is 23.9 Å². The Labute approximate surface area is 106 Å². The van der Waals surface area contributed by atoms with Crippen molar-refractivity contribution in [2.24, 2.45) is 0 Å². The van der Waals surface area contributed by atoms with Gasteiger partial charge in [0.2, 0.25) is 0 Å². The maximum Gasteiger partial charge on any atom is 0.292 e. The SMILES string of the molecule is CSCCCCNc1ccc(C)cc1[N+](=O)[O-]. The van der Waals surface area contributed by atoms with Crippen LogP contribution >= 0.6 is 11.8 Å². The van der Waals surface area contributed by atoms with Crippen molar-refractivity contribution in [3.63, 3.8) is 0 Å². The van der Waals surface area contributed by atoms with Gasteiger partial charge in [-0.25, -0.2) is 0 Å². The van der Waals surface area contributed by atoms with Crippen LogP contribution in [0.4, 0.5) is 11.4 Å². The molecule has 0 spiro atoms. The normalized spacial score (nSPS) is 10.2. The molecule has 0 atom stereocenters. The standard InChI is InChI=1S/C12H18N2O2S/c1-10-5-6-11(12(9-10)14(15)16)13-7-3-4-8-17-2/h5-6,9,13H,3-4,7-8H2,1-2H3. The Morgan fingerprint density at radius 1 is 1.41 bits per heavy atom. The van der Waals surface area contributed by atoms with Crippen LogP contribution in [0.3, 0.4) is 0 Å². The maximum atomic E-state index is 10.9. The maximum absolute atomic E-state index is 10.9. The molecule has 94 valence electrons. The third kappa shape index (κ3) is 4.65. The Bertz CT molecular complexity index is 383. The first-order chi connectivity index (χ1) is 8.15. The Balaban J connectivity index is 2.55. The molecule has 0 bridgehead atoms. The molecule has 0 unspecified atom stereocenters. The van der Waals surface area contributed by atoms with Crippen LogP contribution in [0.5, 0.6) is 0 Å². The van der Waals surface area contributed by atoms with Crippen molar-refractivity contribution in [2.45, 2.75) is 19.8 Å². The second kappa shape index (κ2) is 7.17. The van der Waals surface area contributed by atoms with Crippen molar-refractivity contribution in [3.05, 3.63) is 33.9 Å². The average Bonchev–Trinajstić information content (AvgIpc) is 2.30. The van der Waals surface area contributed by atoms with Crippen LogP contribution in [-0.4, -0.2) is 23.5 Å². The lowest BCUT2D eigenvalue weighted by atomic mass is 10.2. The second-order valence-electron chi connectivity index (χ2n) is 3.90. The summed E-state index contributed by atoms with van der Waals surface area (Å²) in [6, 6.07) is 5.27. The Kier molecular flexibility index (Phi) is 5.83. The summed E-state index contributed by atoms with van der Waals surface area (Å²) in [7, 11) is 0. The van der Waals surface area contributed by atoms with Gasteiger partial charge in [-0.05, 0) is 43.4 Å². The van der Waals surface area contributed by atoms with Crippen LogP contribution < -0.4 is 5.32 Å². The van der Waals surface area contributed by atoms with Gasteiger partial charge in [-0.1, -0.05) is 6.07 Å². The molecule has 0 amide bonds. The highest BCUT2D eigenvalue weighted by Gasteiger charge is 2.12. The minimum Gasteiger partial charge on any atom is -0.379 e. The van der Waals surface area contributed by atoms with E-state index in [0.29, 0.717) is 5.69 Å². The molecule has 0 aliphatic carbocycles. The zero-order valence-electron chi connectivity index (χ0n) is 10.2. The molecule has 0 aliphatic rings. The molecule has 0 radical (unpaired) electrons. The Morgan fingerprint density at radius 2 is 2.18 bits per heavy atom. The van der Waals surface area contributed by atoms with E-state index in [0.717, 1.165) is 30.7 Å². The van der Waals surface area contributed by atoms with E-state index < -0.39 is 0 Å². The van der Waals surface area contributed by atoms with E-state index in [-0.39, 0.29) is 10.6 Å². The van der Waals surface area contributed by atoms with Gasteiger partial charge in [-0.15, -0.1) is 0 Å². The molecule has 5 heteroatoms. The zero-order chi connectivity index (χ0) is 12.7. The molecular formula is C12H18N2O2S. The van der Waals surface area contributed by atoms with Gasteiger partial charge in [0.25, 0.3) is 5.69 Å². The predicted molar refractivity (Wildman–Crippen MR) is 73.9 cm³/mol. The summed E-state index contributed by atoms with van der Waals surface area (Å²) in [5, 5.41) is 14.0. The fourth-order valence-electron chi connectivity index (χ4n) is 1.54. The third-order valence-corrected chi connectivity index (χ3v) is 3.14. The largest absolute Gasteiger partial charge is 0.379 e. The first-order valence-corrected chi connectivity index (χ1v) is 7.02. The van der Waals surface area contributed by atoms with E-state index in [4.69, 9.17) is 0 Å². The summed E-state index contributed by atoms with van der Waals surface area (Å²) in [5.41, 5.74) is 1.68. The van der Waals surface area contributed by atoms with Crippen LogP contribution in [0.15, 0.2) is 18.2 Å². The molecule has 1 aromatic carbocycles. The number of unbranched alkanes of at least 4 members (excludes halogenated alkanes) is 1. The lowest BCUT2D eigenvalue weighted by Crippen LogP contribution is -2.04. The number of aryl methyl sites for hydroxylation is 1. The van der Waals surface area contributed by atoms with Crippen LogP contribution in [0.25, 0.3) is 0 Å². The molecule has 17 heavy (non-hydrogen) atoms. The number of nitrogens with one attached hydrogen (secondary N) is 1. The lowest BCUT2D eigenvalue weighted by Gasteiger charge is -2.07. The number of hydrogen-bond acceptors (Lipinski definition) is 4. The van der Waals surface area contributed by atoms with Gasteiger partial charge in [-0.3, -0.25) is 10.1 Å². The number of nitro benzene ring substituents is 1. The van der Waals surface area contributed by atoms with E-state index in [1.165, 1.54) is 0 Å². The quantitative estimate of drug-likeness (QED) is 0.460. The molecule has 1 rings (SSSR count). The van der Waals surface area contributed by atoms with E-state index >= 15 is 0 Å². The first-order valence-electron chi connectivity index (χ1n) is 5.63. The number of nitrogens with zero attached hydrogens (tertiary/aromatic N) is 1. The van der Waals surface area contributed by atoms with Crippen LogP contribution in [-0.2, 0) is 0 Å². The Morgan fingerprint density at radius 3 is 2.82 bits per heavy atom. The van der Waals surface area contributed by atoms with E-state index in [2.05, 4.69) is 11.6 Å². The third-order valence-electron chi connectivity index (χ3n) is 2.44. The van der Waals surface area contributed by atoms with Crippen molar-refractivity contribution in [1.29, 1.82) is 0 Å². The molecule has 0 heterocycles. The van der Waals surface area contributed by atoms with Gasteiger partial charge in [0, 0.05) is 12.6 Å². The average molecular weight is 254 g/mol. The van der Waals surface area contributed by atoms with E-state index in [9.17, 15) is 10.1 Å².